The lowest BCUT2D eigenvalue weighted by molar-refractivity contribution is 0.0759. The van der Waals surface area contributed by atoms with Gasteiger partial charge in [-0.3, -0.25) is 4.98 Å². The van der Waals surface area contributed by atoms with Gasteiger partial charge in [0.25, 0.3) is 0 Å². The zero-order valence-corrected chi connectivity index (χ0v) is 11.0. The van der Waals surface area contributed by atoms with E-state index in [4.69, 9.17) is 4.74 Å². The summed E-state index contributed by atoms with van der Waals surface area (Å²) >= 11 is 0. The summed E-state index contributed by atoms with van der Waals surface area (Å²) in [6.45, 7) is 6.61. The highest BCUT2D eigenvalue weighted by molar-refractivity contribution is 5.78. The molecule has 3 nitrogen and oxygen atoms in total. The monoisotopic (exact) mass is 244 g/mol. The van der Waals surface area contributed by atoms with Gasteiger partial charge in [0.1, 0.15) is 0 Å². The minimum absolute atomic E-state index is 0.261. The summed E-state index contributed by atoms with van der Waals surface area (Å²) in [6.07, 6.45) is 2.08. The Morgan fingerprint density at radius 2 is 2.22 bits per heavy atom. The van der Waals surface area contributed by atoms with E-state index in [1.54, 1.807) is 0 Å². The van der Waals surface area contributed by atoms with Gasteiger partial charge in [0.15, 0.2) is 0 Å². The molecule has 3 heteroatoms. The lowest BCUT2D eigenvalue weighted by atomic mass is 10.1. The summed E-state index contributed by atoms with van der Waals surface area (Å²) in [7, 11) is 0. The van der Waals surface area contributed by atoms with Gasteiger partial charge in [0.2, 0.25) is 0 Å². The van der Waals surface area contributed by atoms with Crippen molar-refractivity contribution in [1.82, 2.24) is 10.3 Å². The Bertz CT molecular complexity index is 499. The van der Waals surface area contributed by atoms with E-state index in [1.165, 1.54) is 10.9 Å². The molecule has 0 spiro atoms. The molecular formula is C15H20N2O. The summed E-state index contributed by atoms with van der Waals surface area (Å²) < 4.78 is 5.48. The van der Waals surface area contributed by atoms with Crippen LogP contribution in [-0.4, -0.2) is 24.2 Å². The van der Waals surface area contributed by atoms with E-state index >= 15 is 0 Å². The molecule has 0 aliphatic heterocycles. The number of nitrogens with zero attached hydrogens (tertiary/aromatic N) is 1. The van der Waals surface area contributed by atoms with Crippen LogP contribution in [0.2, 0.25) is 0 Å². The van der Waals surface area contributed by atoms with Crippen molar-refractivity contribution in [3.63, 3.8) is 0 Å². The SMILES string of the molecule is CCOC(C)CNCc1ccc2ncccc2c1. The van der Waals surface area contributed by atoms with Gasteiger partial charge in [-0.05, 0) is 37.6 Å². The maximum absolute atomic E-state index is 5.48. The zero-order valence-electron chi connectivity index (χ0n) is 11.0. The van der Waals surface area contributed by atoms with E-state index in [0.29, 0.717) is 0 Å². The minimum Gasteiger partial charge on any atom is -0.377 e. The molecular weight excluding hydrogens is 224 g/mol. The number of pyridine rings is 1. The molecule has 0 aliphatic carbocycles. The number of hydrogen-bond acceptors (Lipinski definition) is 3. The Kier molecular flexibility index (Phi) is 4.67. The number of nitrogens with one attached hydrogen (secondary N) is 1. The number of ether oxygens (including phenoxy) is 1. The molecule has 1 N–H and O–H groups in total. The highest BCUT2D eigenvalue weighted by atomic mass is 16.5. The number of rotatable bonds is 6. The van der Waals surface area contributed by atoms with E-state index in [1.807, 2.05) is 19.2 Å². The molecule has 1 unspecified atom stereocenters. The summed E-state index contributed by atoms with van der Waals surface area (Å²) in [5.74, 6) is 0. The average molecular weight is 244 g/mol. The Hall–Kier alpha value is -1.45. The number of benzene rings is 1. The predicted molar refractivity (Wildman–Crippen MR) is 74.5 cm³/mol. The summed E-state index contributed by atoms with van der Waals surface area (Å²) in [4.78, 5) is 4.31. The van der Waals surface area contributed by atoms with Gasteiger partial charge < -0.3 is 10.1 Å². The minimum atomic E-state index is 0.261. The molecule has 0 aliphatic rings. The van der Waals surface area contributed by atoms with Crippen LogP contribution in [0.25, 0.3) is 10.9 Å². The fraction of sp³-hybridized carbons (Fsp3) is 0.400. The van der Waals surface area contributed by atoms with Gasteiger partial charge in [0.05, 0.1) is 11.6 Å². The van der Waals surface area contributed by atoms with Gasteiger partial charge in [-0.15, -0.1) is 0 Å². The van der Waals surface area contributed by atoms with E-state index < -0.39 is 0 Å². The van der Waals surface area contributed by atoms with E-state index in [2.05, 4.69) is 41.5 Å². The second kappa shape index (κ2) is 6.47. The van der Waals surface area contributed by atoms with Crippen LogP contribution in [0.15, 0.2) is 36.5 Å². The van der Waals surface area contributed by atoms with E-state index in [-0.39, 0.29) is 6.10 Å². The first-order chi connectivity index (χ1) is 8.79. The molecule has 0 saturated heterocycles. The van der Waals surface area contributed by atoms with Crippen molar-refractivity contribution in [1.29, 1.82) is 0 Å². The molecule has 1 heterocycles. The quantitative estimate of drug-likeness (QED) is 0.848. The standard InChI is InChI=1S/C15H20N2O/c1-3-18-12(2)10-16-11-13-6-7-15-14(9-13)5-4-8-17-15/h4-9,12,16H,3,10-11H2,1-2H3. The molecule has 1 atom stereocenters. The first kappa shape index (κ1) is 13.0. The number of fused-ring (bicyclic) bond motifs is 1. The molecule has 18 heavy (non-hydrogen) atoms. The van der Waals surface area contributed by atoms with E-state index in [0.717, 1.165) is 25.2 Å². The lowest BCUT2D eigenvalue weighted by Crippen LogP contribution is -2.26. The molecule has 0 radical (unpaired) electrons. The van der Waals surface area contributed by atoms with Crippen molar-refractivity contribution in [3.05, 3.63) is 42.1 Å². The Morgan fingerprint density at radius 3 is 3.06 bits per heavy atom. The molecule has 0 bridgehead atoms. The lowest BCUT2D eigenvalue weighted by Gasteiger charge is -2.12. The van der Waals surface area contributed by atoms with Crippen LogP contribution in [0.4, 0.5) is 0 Å². The van der Waals surface area contributed by atoms with Crippen LogP contribution in [-0.2, 0) is 11.3 Å². The Labute approximate surface area is 108 Å². The van der Waals surface area contributed by atoms with Gasteiger partial charge in [-0.1, -0.05) is 12.1 Å². The van der Waals surface area contributed by atoms with Crippen molar-refractivity contribution in [2.45, 2.75) is 26.5 Å². The second-order valence-electron chi connectivity index (χ2n) is 4.43. The second-order valence-corrected chi connectivity index (χ2v) is 4.43. The molecule has 0 amide bonds. The molecule has 1 aromatic heterocycles. The highest BCUT2D eigenvalue weighted by Gasteiger charge is 2.01. The van der Waals surface area contributed by atoms with Crippen molar-refractivity contribution < 1.29 is 4.74 Å². The zero-order chi connectivity index (χ0) is 12.8. The summed E-state index contributed by atoms with van der Waals surface area (Å²) in [5, 5.41) is 4.60. The van der Waals surface area contributed by atoms with Crippen molar-refractivity contribution >= 4 is 10.9 Å². The third-order valence-corrected chi connectivity index (χ3v) is 2.88. The Balaban J connectivity index is 1.91. The van der Waals surface area contributed by atoms with Crippen LogP contribution in [0.3, 0.4) is 0 Å². The average Bonchev–Trinajstić information content (AvgIpc) is 2.39. The summed E-state index contributed by atoms with van der Waals surface area (Å²) in [5.41, 5.74) is 2.32. The first-order valence-corrected chi connectivity index (χ1v) is 6.45. The molecule has 0 saturated carbocycles. The third kappa shape index (κ3) is 3.52. The van der Waals surface area contributed by atoms with Crippen LogP contribution in [0, 0.1) is 0 Å². The topological polar surface area (TPSA) is 34.1 Å². The van der Waals surface area contributed by atoms with Gasteiger partial charge in [-0.2, -0.15) is 0 Å². The first-order valence-electron chi connectivity index (χ1n) is 6.45. The maximum atomic E-state index is 5.48. The summed E-state index contributed by atoms with van der Waals surface area (Å²) in [6, 6.07) is 10.4. The molecule has 2 rings (SSSR count). The van der Waals surface area contributed by atoms with Crippen LogP contribution < -0.4 is 5.32 Å². The van der Waals surface area contributed by atoms with Gasteiger partial charge in [0, 0.05) is 31.3 Å². The van der Waals surface area contributed by atoms with Gasteiger partial charge in [-0.25, -0.2) is 0 Å². The van der Waals surface area contributed by atoms with Crippen LogP contribution >= 0.6 is 0 Å². The molecule has 1 aromatic carbocycles. The molecule has 2 aromatic rings. The smallest absolute Gasteiger partial charge is 0.0702 e. The largest absolute Gasteiger partial charge is 0.377 e. The maximum Gasteiger partial charge on any atom is 0.0702 e. The Morgan fingerprint density at radius 1 is 1.33 bits per heavy atom. The number of aromatic nitrogens is 1. The highest BCUT2D eigenvalue weighted by Crippen LogP contribution is 2.13. The van der Waals surface area contributed by atoms with Gasteiger partial charge >= 0.3 is 0 Å². The molecule has 0 fully saturated rings. The van der Waals surface area contributed by atoms with E-state index in [9.17, 15) is 0 Å². The fourth-order valence-electron chi connectivity index (χ4n) is 2.00. The van der Waals surface area contributed by atoms with Crippen LogP contribution in [0.5, 0.6) is 0 Å². The third-order valence-electron chi connectivity index (χ3n) is 2.88. The normalized spacial score (nSPS) is 12.8. The van der Waals surface area contributed by atoms with Crippen molar-refractivity contribution in [2.24, 2.45) is 0 Å². The van der Waals surface area contributed by atoms with Crippen molar-refractivity contribution in [3.8, 4) is 0 Å². The molecule has 96 valence electrons. The predicted octanol–water partition coefficient (Wildman–Crippen LogP) is 2.75. The van der Waals surface area contributed by atoms with Crippen LogP contribution in [0.1, 0.15) is 19.4 Å². The number of hydrogen-bond donors (Lipinski definition) is 1. The fourth-order valence-corrected chi connectivity index (χ4v) is 2.00. The van der Waals surface area contributed by atoms with Crippen molar-refractivity contribution in [2.75, 3.05) is 13.2 Å².